The topological polar surface area (TPSA) is 25.8 Å². The summed E-state index contributed by atoms with van der Waals surface area (Å²) in [5.41, 5.74) is 6.52. The van der Waals surface area contributed by atoms with E-state index in [9.17, 15) is 0 Å². The number of fused-ring (bicyclic) bond motifs is 1. The molecular formula is C12H14N2S. The van der Waals surface area contributed by atoms with Crippen LogP contribution in [-0.4, -0.2) is 10.2 Å². The molecule has 15 heavy (non-hydrogen) atoms. The maximum atomic E-state index is 3.49. The van der Waals surface area contributed by atoms with E-state index in [-0.39, 0.29) is 0 Å². The molecule has 0 atom stereocenters. The first-order valence-corrected chi connectivity index (χ1v) is 6.17. The normalized spacial score (nSPS) is 13.6. The van der Waals surface area contributed by atoms with Crippen molar-refractivity contribution in [3.8, 4) is 0 Å². The number of hydrogen-bond donors (Lipinski definition) is 0. The summed E-state index contributed by atoms with van der Waals surface area (Å²) in [6, 6.07) is 8.80. The Kier molecular flexibility index (Phi) is 3.85. The molecule has 0 saturated carbocycles. The molecule has 1 heterocycles. The van der Waals surface area contributed by atoms with Crippen LogP contribution in [0, 0.1) is 0 Å². The van der Waals surface area contributed by atoms with Gasteiger partial charge >= 0.3 is 0 Å². The van der Waals surface area contributed by atoms with Crippen LogP contribution in [0.4, 0.5) is 0 Å². The fourth-order valence-electron chi connectivity index (χ4n) is 1.81. The monoisotopic (exact) mass is 218 g/mol. The van der Waals surface area contributed by atoms with Gasteiger partial charge in [0.1, 0.15) is 11.0 Å². The Bertz CT molecular complexity index is 342. The van der Waals surface area contributed by atoms with E-state index in [0.29, 0.717) is 0 Å². The van der Waals surface area contributed by atoms with Crippen molar-refractivity contribution in [3.05, 3.63) is 46.4 Å². The van der Waals surface area contributed by atoms with Crippen LogP contribution in [-0.2, 0) is 12.8 Å². The van der Waals surface area contributed by atoms with E-state index in [1.807, 2.05) is 0 Å². The number of benzene rings is 1. The van der Waals surface area contributed by atoms with Crippen LogP contribution < -0.4 is 0 Å². The van der Waals surface area contributed by atoms with Gasteiger partial charge in [-0.1, -0.05) is 24.3 Å². The van der Waals surface area contributed by atoms with Crippen LogP contribution in [0.5, 0.6) is 0 Å². The largest absolute Gasteiger partial charge is 0.147 e. The highest BCUT2D eigenvalue weighted by Gasteiger charge is 2.05. The van der Waals surface area contributed by atoms with Crippen molar-refractivity contribution in [1.82, 2.24) is 10.2 Å². The summed E-state index contributed by atoms with van der Waals surface area (Å²) < 4.78 is 0. The summed E-state index contributed by atoms with van der Waals surface area (Å²) in [6.45, 7) is 0. The molecule has 1 aliphatic carbocycles. The van der Waals surface area contributed by atoms with Gasteiger partial charge in [-0.05, 0) is 36.8 Å². The zero-order chi connectivity index (χ0) is 10.3. The first kappa shape index (κ1) is 10.3. The zero-order valence-electron chi connectivity index (χ0n) is 8.60. The van der Waals surface area contributed by atoms with E-state index < -0.39 is 0 Å². The molecule has 0 aliphatic heterocycles. The minimum Gasteiger partial charge on any atom is -0.147 e. The third-order valence-corrected chi connectivity index (χ3v) is 2.98. The van der Waals surface area contributed by atoms with E-state index in [1.165, 1.54) is 37.0 Å². The number of rotatable bonds is 0. The van der Waals surface area contributed by atoms with Crippen LogP contribution in [0.25, 0.3) is 0 Å². The molecule has 3 rings (SSSR count). The van der Waals surface area contributed by atoms with Crippen LogP contribution in [0.3, 0.4) is 0 Å². The Morgan fingerprint density at radius 1 is 0.867 bits per heavy atom. The quantitative estimate of drug-likeness (QED) is 0.679. The average molecular weight is 218 g/mol. The second-order valence-electron chi connectivity index (χ2n) is 3.55. The molecule has 1 aliphatic rings. The van der Waals surface area contributed by atoms with Crippen LogP contribution in [0.1, 0.15) is 24.0 Å². The molecule has 2 aromatic rings. The lowest BCUT2D eigenvalue weighted by Gasteiger charge is -2.13. The molecule has 0 saturated heterocycles. The Labute approximate surface area is 94.0 Å². The molecule has 0 N–H and O–H groups in total. The molecule has 0 unspecified atom stereocenters. The maximum Gasteiger partial charge on any atom is 0.103 e. The summed E-state index contributed by atoms with van der Waals surface area (Å²) in [7, 11) is 0. The molecule has 0 spiro atoms. The highest BCUT2D eigenvalue weighted by Crippen LogP contribution is 2.19. The minimum atomic E-state index is 1.30. The summed E-state index contributed by atoms with van der Waals surface area (Å²) >= 11 is 1.49. The zero-order valence-corrected chi connectivity index (χ0v) is 9.41. The second-order valence-corrected chi connectivity index (χ2v) is 4.25. The highest BCUT2D eigenvalue weighted by molar-refractivity contribution is 7.07. The van der Waals surface area contributed by atoms with Gasteiger partial charge < -0.3 is 0 Å². The van der Waals surface area contributed by atoms with Gasteiger partial charge in [-0.15, -0.1) is 21.5 Å². The van der Waals surface area contributed by atoms with Crippen molar-refractivity contribution in [2.75, 3.05) is 0 Å². The predicted octanol–water partition coefficient (Wildman–Crippen LogP) is 3.10. The Morgan fingerprint density at radius 3 is 1.80 bits per heavy atom. The maximum absolute atomic E-state index is 3.49. The average Bonchev–Trinajstić information content (AvgIpc) is 2.88. The Hall–Kier alpha value is -1.22. The number of nitrogens with zero attached hydrogens (tertiary/aromatic N) is 2. The standard InChI is InChI=1S/C10H12.C2H2N2S/c1-2-6-10-8-4-3-7-9(10)5-1;1-3-4-2-5-1/h1-2,5-6H,3-4,7-8H2;1-2H. The Morgan fingerprint density at radius 2 is 1.40 bits per heavy atom. The summed E-state index contributed by atoms with van der Waals surface area (Å²) in [5, 5.41) is 6.98. The van der Waals surface area contributed by atoms with Crippen LogP contribution >= 0.6 is 11.3 Å². The molecule has 78 valence electrons. The molecular weight excluding hydrogens is 204 g/mol. The highest BCUT2D eigenvalue weighted by atomic mass is 32.1. The second kappa shape index (κ2) is 5.61. The van der Waals surface area contributed by atoms with Crippen LogP contribution in [0.2, 0.25) is 0 Å². The van der Waals surface area contributed by atoms with Crippen molar-refractivity contribution in [1.29, 1.82) is 0 Å². The lowest BCUT2D eigenvalue weighted by atomic mass is 9.92. The van der Waals surface area contributed by atoms with E-state index in [1.54, 1.807) is 22.1 Å². The van der Waals surface area contributed by atoms with Crippen LogP contribution in [0.15, 0.2) is 35.3 Å². The van der Waals surface area contributed by atoms with Crippen molar-refractivity contribution in [2.45, 2.75) is 25.7 Å². The molecule has 3 heteroatoms. The Balaban J connectivity index is 0.000000144. The van der Waals surface area contributed by atoms with Crippen molar-refractivity contribution in [2.24, 2.45) is 0 Å². The molecule has 1 aromatic carbocycles. The molecule has 2 nitrogen and oxygen atoms in total. The molecule has 0 radical (unpaired) electrons. The first-order chi connectivity index (χ1) is 7.47. The van der Waals surface area contributed by atoms with Gasteiger partial charge in [0.25, 0.3) is 0 Å². The fraction of sp³-hybridized carbons (Fsp3) is 0.333. The van der Waals surface area contributed by atoms with Gasteiger partial charge in [0, 0.05) is 0 Å². The van der Waals surface area contributed by atoms with Crippen molar-refractivity contribution >= 4 is 11.3 Å². The van der Waals surface area contributed by atoms with Gasteiger partial charge in [0.15, 0.2) is 0 Å². The van der Waals surface area contributed by atoms with E-state index in [2.05, 4.69) is 34.5 Å². The lowest BCUT2D eigenvalue weighted by molar-refractivity contribution is 0.685. The third kappa shape index (κ3) is 3.13. The van der Waals surface area contributed by atoms with Gasteiger partial charge in [0.2, 0.25) is 0 Å². The van der Waals surface area contributed by atoms with Gasteiger partial charge in [0.05, 0.1) is 0 Å². The number of aromatic nitrogens is 2. The molecule has 0 bridgehead atoms. The molecule has 1 aromatic heterocycles. The lowest BCUT2D eigenvalue weighted by Crippen LogP contribution is -2.00. The molecule has 0 fully saturated rings. The predicted molar refractivity (Wildman–Crippen MR) is 63.0 cm³/mol. The van der Waals surface area contributed by atoms with Gasteiger partial charge in [-0.25, -0.2) is 0 Å². The summed E-state index contributed by atoms with van der Waals surface area (Å²) in [4.78, 5) is 0. The van der Waals surface area contributed by atoms with E-state index in [4.69, 9.17) is 0 Å². The number of aryl methyl sites for hydroxylation is 2. The number of hydrogen-bond acceptors (Lipinski definition) is 3. The minimum absolute atomic E-state index is 1.30. The van der Waals surface area contributed by atoms with E-state index >= 15 is 0 Å². The van der Waals surface area contributed by atoms with E-state index in [0.717, 1.165) is 0 Å². The van der Waals surface area contributed by atoms with Gasteiger partial charge in [-0.3, -0.25) is 0 Å². The van der Waals surface area contributed by atoms with Gasteiger partial charge in [-0.2, -0.15) is 0 Å². The third-order valence-electron chi connectivity index (χ3n) is 2.54. The molecule has 0 amide bonds. The first-order valence-electron chi connectivity index (χ1n) is 5.22. The summed E-state index contributed by atoms with van der Waals surface area (Å²) in [6.07, 6.45) is 5.38. The SMILES string of the molecule is c1ccc2c(c1)CCCC2.c1nncs1. The van der Waals surface area contributed by atoms with Crippen molar-refractivity contribution in [3.63, 3.8) is 0 Å². The fourth-order valence-corrected chi connectivity index (χ4v) is 2.08. The van der Waals surface area contributed by atoms with Crippen molar-refractivity contribution < 1.29 is 0 Å². The smallest absolute Gasteiger partial charge is 0.103 e. The summed E-state index contributed by atoms with van der Waals surface area (Å²) in [5.74, 6) is 0.